The summed E-state index contributed by atoms with van der Waals surface area (Å²) in [5.41, 5.74) is 0. The quantitative estimate of drug-likeness (QED) is 0.474. The minimum Gasteiger partial charge on any atom is -0.304 e. The van der Waals surface area contributed by atoms with Gasteiger partial charge in [0.25, 0.3) is 0 Å². The number of unbranched alkanes of at least 4 members (excludes halogenated alkanes) is 2. The van der Waals surface area contributed by atoms with Crippen molar-refractivity contribution >= 4 is 11.6 Å². The van der Waals surface area contributed by atoms with Gasteiger partial charge in [-0.3, -0.25) is 0 Å². The van der Waals surface area contributed by atoms with E-state index in [1.807, 2.05) is 0 Å². The summed E-state index contributed by atoms with van der Waals surface area (Å²) >= 11 is 5.38. The SMILES string of the molecule is CCCCCCl.CCN(CC)CC. The Balaban J connectivity index is 0. The zero-order chi connectivity index (χ0) is 10.5. The Morgan fingerprint density at radius 3 is 1.38 bits per heavy atom. The van der Waals surface area contributed by atoms with Gasteiger partial charge in [0, 0.05) is 5.88 Å². The number of hydrogen-bond acceptors (Lipinski definition) is 1. The second kappa shape index (κ2) is 14.8. The van der Waals surface area contributed by atoms with Gasteiger partial charge in [-0.05, 0) is 26.1 Å². The Hall–Kier alpha value is 0.250. The maximum Gasteiger partial charge on any atom is 0.0223 e. The first-order valence-electron chi connectivity index (χ1n) is 5.54. The molecule has 0 unspecified atom stereocenters. The van der Waals surface area contributed by atoms with E-state index in [-0.39, 0.29) is 0 Å². The molecule has 0 rings (SSSR count). The standard InChI is InChI=1S/C6H15N.C5H11Cl/c1-4-7(5-2)6-3;1-2-3-4-5-6/h4-6H2,1-3H3;2-5H2,1H3. The molecule has 0 saturated heterocycles. The molecule has 2 heteroatoms. The summed E-state index contributed by atoms with van der Waals surface area (Å²) in [4.78, 5) is 2.38. The average molecular weight is 208 g/mol. The fraction of sp³-hybridized carbons (Fsp3) is 1.00. The Labute approximate surface area is 89.5 Å². The zero-order valence-corrected chi connectivity index (χ0v) is 10.5. The van der Waals surface area contributed by atoms with Crippen molar-refractivity contribution in [3.8, 4) is 0 Å². The molecule has 0 aliphatic carbocycles. The van der Waals surface area contributed by atoms with Gasteiger partial charge in [0.1, 0.15) is 0 Å². The van der Waals surface area contributed by atoms with Gasteiger partial charge in [-0.15, -0.1) is 11.6 Å². The first-order chi connectivity index (χ1) is 6.26. The summed E-state index contributed by atoms with van der Waals surface area (Å²) in [6.45, 7) is 12.3. The molecule has 13 heavy (non-hydrogen) atoms. The van der Waals surface area contributed by atoms with Crippen molar-refractivity contribution in [1.82, 2.24) is 4.90 Å². The van der Waals surface area contributed by atoms with Crippen LogP contribution in [-0.4, -0.2) is 30.4 Å². The second-order valence-electron chi connectivity index (χ2n) is 3.02. The van der Waals surface area contributed by atoms with Crippen LogP contribution in [0.1, 0.15) is 47.0 Å². The van der Waals surface area contributed by atoms with E-state index in [2.05, 4.69) is 32.6 Å². The molecule has 0 bridgehead atoms. The highest BCUT2D eigenvalue weighted by Gasteiger charge is 1.89. The lowest BCUT2D eigenvalue weighted by atomic mass is 10.3. The van der Waals surface area contributed by atoms with Crippen LogP contribution < -0.4 is 0 Å². The topological polar surface area (TPSA) is 3.24 Å². The van der Waals surface area contributed by atoms with Crippen LogP contribution in [0.25, 0.3) is 0 Å². The molecular formula is C11H26ClN. The molecule has 0 radical (unpaired) electrons. The molecule has 0 saturated carbocycles. The monoisotopic (exact) mass is 207 g/mol. The third kappa shape index (κ3) is 15.0. The number of alkyl halides is 1. The van der Waals surface area contributed by atoms with Crippen LogP contribution in [0.15, 0.2) is 0 Å². The fourth-order valence-corrected chi connectivity index (χ4v) is 1.20. The van der Waals surface area contributed by atoms with Gasteiger partial charge < -0.3 is 4.90 Å². The van der Waals surface area contributed by atoms with Crippen molar-refractivity contribution in [2.24, 2.45) is 0 Å². The van der Waals surface area contributed by atoms with E-state index in [1.54, 1.807) is 0 Å². The number of halogens is 1. The van der Waals surface area contributed by atoms with E-state index in [9.17, 15) is 0 Å². The van der Waals surface area contributed by atoms with Crippen molar-refractivity contribution < 1.29 is 0 Å². The third-order valence-electron chi connectivity index (χ3n) is 2.08. The Morgan fingerprint density at radius 1 is 0.846 bits per heavy atom. The highest BCUT2D eigenvalue weighted by molar-refractivity contribution is 6.17. The third-order valence-corrected chi connectivity index (χ3v) is 2.35. The van der Waals surface area contributed by atoms with Crippen LogP contribution in [0, 0.1) is 0 Å². The predicted octanol–water partition coefficient (Wildman–Crippen LogP) is 3.76. The maximum absolute atomic E-state index is 5.38. The molecule has 0 fully saturated rings. The number of nitrogens with zero attached hydrogens (tertiary/aromatic N) is 1. The molecule has 0 aromatic rings. The minimum absolute atomic E-state index is 0.827. The van der Waals surface area contributed by atoms with E-state index in [4.69, 9.17) is 11.6 Å². The fourth-order valence-electron chi connectivity index (χ4n) is 1.02. The van der Waals surface area contributed by atoms with Gasteiger partial charge >= 0.3 is 0 Å². The summed E-state index contributed by atoms with van der Waals surface area (Å²) in [6, 6.07) is 0. The summed E-state index contributed by atoms with van der Waals surface area (Å²) in [7, 11) is 0. The molecule has 0 aromatic heterocycles. The van der Waals surface area contributed by atoms with E-state index in [1.165, 1.54) is 38.9 Å². The van der Waals surface area contributed by atoms with Gasteiger partial charge in [-0.2, -0.15) is 0 Å². The number of hydrogen-bond donors (Lipinski definition) is 0. The molecule has 0 aromatic carbocycles. The molecular weight excluding hydrogens is 182 g/mol. The zero-order valence-electron chi connectivity index (χ0n) is 9.77. The maximum atomic E-state index is 5.38. The summed E-state index contributed by atoms with van der Waals surface area (Å²) in [5, 5.41) is 0. The Kier molecular flexibility index (Phi) is 17.8. The van der Waals surface area contributed by atoms with E-state index in [0.717, 1.165) is 5.88 Å². The average Bonchev–Trinajstić information content (AvgIpc) is 2.18. The molecule has 0 amide bonds. The van der Waals surface area contributed by atoms with Gasteiger partial charge in [-0.1, -0.05) is 40.5 Å². The van der Waals surface area contributed by atoms with Crippen LogP contribution in [-0.2, 0) is 0 Å². The lowest BCUT2D eigenvalue weighted by Crippen LogP contribution is -2.21. The normalized spacial score (nSPS) is 9.69. The molecule has 0 heterocycles. The van der Waals surface area contributed by atoms with Crippen LogP contribution in [0.5, 0.6) is 0 Å². The summed E-state index contributed by atoms with van der Waals surface area (Å²) in [6.07, 6.45) is 3.73. The molecule has 82 valence electrons. The Bertz CT molecular complexity index is 63.0. The Morgan fingerprint density at radius 2 is 1.31 bits per heavy atom. The summed E-state index contributed by atoms with van der Waals surface area (Å²) < 4.78 is 0. The lowest BCUT2D eigenvalue weighted by molar-refractivity contribution is 0.321. The van der Waals surface area contributed by atoms with Crippen molar-refractivity contribution in [2.45, 2.75) is 47.0 Å². The highest BCUT2D eigenvalue weighted by atomic mass is 35.5. The predicted molar refractivity (Wildman–Crippen MR) is 63.7 cm³/mol. The molecule has 0 N–H and O–H groups in total. The highest BCUT2D eigenvalue weighted by Crippen LogP contribution is 1.93. The molecule has 0 aliphatic heterocycles. The van der Waals surface area contributed by atoms with Crippen LogP contribution in [0.2, 0.25) is 0 Å². The van der Waals surface area contributed by atoms with Crippen molar-refractivity contribution in [3.05, 3.63) is 0 Å². The van der Waals surface area contributed by atoms with Crippen LogP contribution >= 0.6 is 11.6 Å². The van der Waals surface area contributed by atoms with Gasteiger partial charge in [0.15, 0.2) is 0 Å². The largest absolute Gasteiger partial charge is 0.304 e. The van der Waals surface area contributed by atoms with Crippen molar-refractivity contribution in [2.75, 3.05) is 25.5 Å². The van der Waals surface area contributed by atoms with Crippen LogP contribution in [0.3, 0.4) is 0 Å². The minimum atomic E-state index is 0.827. The molecule has 0 aliphatic rings. The summed E-state index contributed by atoms with van der Waals surface area (Å²) in [5.74, 6) is 0.827. The van der Waals surface area contributed by atoms with Crippen LogP contribution in [0.4, 0.5) is 0 Å². The molecule has 0 spiro atoms. The van der Waals surface area contributed by atoms with E-state index in [0.29, 0.717) is 0 Å². The molecule has 0 atom stereocenters. The lowest BCUT2D eigenvalue weighted by Gasteiger charge is -2.13. The second-order valence-corrected chi connectivity index (χ2v) is 3.39. The molecule has 1 nitrogen and oxygen atoms in total. The first-order valence-corrected chi connectivity index (χ1v) is 6.08. The van der Waals surface area contributed by atoms with E-state index < -0.39 is 0 Å². The van der Waals surface area contributed by atoms with Crippen molar-refractivity contribution in [1.29, 1.82) is 0 Å². The van der Waals surface area contributed by atoms with Gasteiger partial charge in [0.2, 0.25) is 0 Å². The smallest absolute Gasteiger partial charge is 0.0223 e. The number of rotatable bonds is 6. The van der Waals surface area contributed by atoms with Gasteiger partial charge in [0.05, 0.1) is 0 Å². The first kappa shape index (κ1) is 15.7. The van der Waals surface area contributed by atoms with E-state index >= 15 is 0 Å². The van der Waals surface area contributed by atoms with Gasteiger partial charge in [-0.25, -0.2) is 0 Å². The van der Waals surface area contributed by atoms with Crippen molar-refractivity contribution in [3.63, 3.8) is 0 Å².